The standard InChI is InChI=1S/C24H23F3N2O3/c1-31-23(30)18-4-8-21(9-5-18)29-15-19(14-22(29)16-28-10-12-32-13-11-28)17-2-6-20(7-3-17)24(25,26)27/h2-9,14-15H,10-13,16H2,1H3. The third-order valence-corrected chi connectivity index (χ3v) is 5.50. The van der Waals surface area contributed by atoms with Crippen LogP contribution in [0, 0.1) is 0 Å². The van der Waals surface area contributed by atoms with Gasteiger partial charge in [0.05, 0.1) is 31.5 Å². The lowest BCUT2D eigenvalue weighted by molar-refractivity contribution is -0.137. The number of hydrogen-bond donors (Lipinski definition) is 0. The van der Waals surface area contributed by atoms with Gasteiger partial charge in [-0.2, -0.15) is 13.2 Å². The number of alkyl halides is 3. The molecule has 1 aromatic heterocycles. The van der Waals surface area contributed by atoms with E-state index in [4.69, 9.17) is 9.47 Å². The summed E-state index contributed by atoms with van der Waals surface area (Å²) in [6.07, 6.45) is -2.46. The number of rotatable bonds is 5. The van der Waals surface area contributed by atoms with Gasteiger partial charge >= 0.3 is 12.1 Å². The smallest absolute Gasteiger partial charge is 0.416 e. The maximum atomic E-state index is 12.9. The van der Waals surface area contributed by atoms with Crippen LogP contribution in [-0.4, -0.2) is 48.8 Å². The first kappa shape index (κ1) is 22.1. The second kappa shape index (κ2) is 9.18. The van der Waals surface area contributed by atoms with Gasteiger partial charge in [0.25, 0.3) is 0 Å². The monoisotopic (exact) mass is 444 g/mol. The minimum absolute atomic E-state index is 0.414. The molecule has 0 radical (unpaired) electrons. The first-order valence-corrected chi connectivity index (χ1v) is 10.2. The first-order chi connectivity index (χ1) is 15.3. The number of ether oxygens (including phenoxy) is 2. The molecule has 8 heteroatoms. The Morgan fingerprint density at radius 3 is 2.25 bits per heavy atom. The van der Waals surface area contributed by atoms with Gasteiger partial charge in [-0.05, 0) is 48.0 Å². The van der Waals surface area contributed by atoms with E-state index in [0.717, 1.165) is 42.2 Å². The summed E-state index contributed by atoms with van der Waals surface area (Å²) in [6, 6.07) is 14.2. The molecule has 32 heavy (non-hydrogen) atoms. The van der Waals surface area contributed by atoms with Gasteiger partial charge in [0.2, 0.25) is 0 Å². The minimum Gasteiger partial charge on any atom is -0.465 e. The maximum Gasteiger partial charge on any atom is 0.416 e. The lowest BCUT2D eigenvalue weighted by Crippen LogP contribution is -2.36. The van der Waals surface area contributed by atoms with Crippen molar-refractivity contribution in [3.05, 3.63) is 77.6 Å². The third kappa shape index (κ3) is 4.87. The van der Waals surface area contributed by atoms with Gasteiger partial charge in [-0.3, -0.25) is 4.90 Å². The van der Waals surface area contributed by atoms with E-state index in [1.807, 2.05) is 29.0 Å². The Hall–Kier alpha value is -3.10. The number of methoxy groups -OCH3 is 1. The second-order valence-corrected chi connectivity index (χ2v) is 7.59. The molecule has 3 aromatic rings. The molecule has 1 aliphatic rings. The van der Waals surface area contributed by atoms with Crippen LogP contribution in [0.1, 0.15) is 21.6 Å². The van der Waals surface area contributed by atoms with Crippen LogP contribution >= 0.6 is 0 Å². The molecule has 1 saturated heterocycles. The van der Waals surface area contributed by atoms with Gasteiger partial charge in [0.15, 0.2) is 0 Å². The molecule has 0 bridgehead atoms. The molecule has 0 saturated carbocycles. The van der Waals surface area contributed by atoms with Gasteiger partial charge in [-0.1, -0.05) is 12.1 Å². The summed E-state index contributed by atoms with van der Waals surface area (Å²) in [5, 5.41) is 0. The molecular formula is C24H23F3N2O3. The average Bonchev–Trinajstić information content (AvgIpc) is 3.22. The Balaban J connectivity index is 1.69. The first-order valence-electron chi connectivity index (χ1n) is 10.2. The van der Waals surface area contributed by atoms with Crippen molar-refractivity contribution < 1.29 is 27.4 Å². The Kier molecular flexibility index (Phi) is 6.34. The zero-order valence-corrected chi connectivity index (χ0v) is 17.6. The molecule has 0 aliphatic carbocycles. The molecular weight excluding hydrogens is 421 g/mol. The van der Waals surface area contributed by atoms with E-state index < -0.39 is 17.7 Å². The van der Waals surface area contributed by atoms with Crippen LogP contribution < -0.4 is 0 Å². The van der Waals surface area contributed by atoms with Crippen LogP contribution in [-0.2, 0) is 22.2 Å². The van der Waals surface area contributed by atoms with E-state index in [1.54, 1.807) is 12.1 Å². The Morgan fingerprint density at radius 1 is 1.00 bits per heavy atom. The zero-order chi connectivity index (χ0) is 22.7. The molecule has 0 amide bonds. The van der Waals surface area contributed by atoms with Crippen molar-refractivity contribution in [1.29, 1.82) is 0 Å². The molecule has 5 nitrogen and oxygen atoms in total. The number of nitrogens with zero attached hydrogens (tertiary/aromatic N) is 2. The average molecular weight is 444 g/mol. The van der Waals surface area contributed by atoms with Gasteiger partial charge in [0, 0.05) is 42.8 Å². The Bertz CT molecular complexity index is 1070. The molecule has 4 rings (SSSR count). The summed E-state index contributed by atoms with van der Waals surface area (Å²) < 4.78 is 51.0. The van der Waals surface area contributed by atoms with Gasteiger partial charge in [0.1, 0.15) is 0 Å². The van der Waals surface area contributed by atoms with Crippen molar-refractivity contribution in [1.82, 2.24) is 9.47 Å². The number of carbonyl (C=O) groups is 1. The second-order valence-electron chi connectivity index (χ2n) is 7.59. The van der Waals surface area contributed by atoms with Gasteiger partial charge in [-0.25, -0.2) is 4.79 Å². The highest BCUT2D eigenvalue weighted by atomic mass is 19.4. The van der Waals surface area contributed by atoms with Crippen molar-refractivity contribution in [3.8, 4) is 16.8 Å². The van der Waals surface area contributed by atoms with E-state index in [1.165, 1.54) is 19.2 Å². The summed E-state index contributed by atoms with van der Waals surface area (Å²) in [6.45, 7) is 3.62. The predicted octanol–water partition coefficient (Wildman–Crippen LogP) is 4.78. The van der Waals surface area contributed by atoms with E-state index in [-0.39, 0.29) is 0 Å². The number of carbonyl (C=O) groups excluding carboxylic acids is 1. The van der Waals surface area contributed by atoms with Gasteiger partial charge < -0.3 is 14.0 Å². The van der Waals surface area contributed by atoms with Crippen LogP contribution in [0.15, 0.2) is 60.8 Å². The number of halogens is 3. The summed E-state index contributed by atoms with van der Waals surface area (Å²) in [4.78, 5) is 14.0. The van der Waals surface area contributed by atoms with Crippen LogP contribution in [0.5, 0.6) is 0 Å². The van der Waals surface area contributed by atoms with Crippen LogP contribution in [0.25, 0.3) is 16.8 Å². The number of esters is 1. The molecule has 1 fully saturated rings. The minimum atomic E-state index is -4.37. The molecule has 1 aliphatic heterocycles. The van der Waals surface area contributed by atoms with Crippen molar-refractivity contribution >= 4 is 5.97 Å². The Labute approximate surface area is 184 Å². The highest BCUT2D eigenvalue weighted by Crippen LogP contribution is 2.32. The molecule has 2 aromatic carbocycles. The molecule has 0 N–H and O–H groups in total. The number of benzene rings is 2. The van der Waals surface area contributed by atoms with Crippen LogP contribution in [0.2, 0.25) is 0 Å². The molecule has 2 heterocycles. The fourth-order valence-corrected chi connectivity index (χ4v) is 3.74. The van der Waals surface area contributed by atoms with Gasteiger partial charge in [-0.15, -0.1) is 0 Å². The maximum absolute atomic E-state index is 12.9. The highest BCUT2D eigenvalue weighted by Gasteiger charge is 2.30. The van der Waals surface area contributed by atoms with E-state index in [9.17, 15) is 18.0 Å². The number of morpholine rings is 1. The molecule has 0 spiro atoms. The molecule has 0 unspecified atom stereocenters. The quantitative estimate of drug-likeness (QED) is 0.531. The van der Waals surface area contributed by atoms with E-state index in [0.29, 0.717) is 30.9 Å². The normalized spacial score (nSPS) is 15.0. The van der Waals surface area contributed by atoms with Crippen LogP contribution in [0.4, 0.5) is 13.2 Å². The predicted molar refractivity (Wildman–Crippen MR) is 114 cm³/mol. The summed E-state index contributed by atoms with van der Waals surface area (Å²) in [5.74, 6) is -0.414. The Morgan fingerprint density at radius 2 is 1.66 bits per heavy atom. The molecule has 168 valence electrons. The number of aromatic nitrogens is 1. The van der Waals surface area contributed by atoms with Crippen molar-refractivity contribution in [2.24, 2.45) is 0 Å². The fourth-order valence-electron chi connectivity index (χ4n) is 3.74. The largest absolute Gasteiger partial charge is 0.465 e. The number of hydrogen-bond acceptors (Lipinski definition) is 4. The van der Waals surface area contributed by atoms with Crippen molar-refractivity contribution in [2.45, 2.75) is 12.7 Å². The highest BCUT2D eigenvalue weighted by molar-refractivity contribution is 5.89. The zero-order valence-electron chi connectivity index (χ0n) is 17.6. The summed E-state index contributed by atoms with van der Waals surface area (Å²) in [5.41, 5.74) is 3.13. The van der Waals surface area contributed by atoms with E-state index >= 15 is 0 Å². The fraction of sp³-hybridized carbons (Fsp3) is 0.292. The molecule has 0 atom stereocenters. The third-order valence-electron chi connectivity index (χ3n) is 5.50. The van der Waals surface area contributed by atoms with Crippen LogP contribution in [0.3, 0.4) is 0 Å². The topological polar surface area (TPSA) is 43.7 Å². The summed E-state index contributed by atoms with van der Waals surface area (Å²) in [7, 11) is 1.33. The van der Waals surface area contributed by atoms with Crippen molar-refractivity contribution in [2.75, 3.05) is 33.4 Å². The van der Waals surface area contributed by atoms with E-state index in [2.05, 4.69) is 4.90 Å². The van der Waals surface area contributed by atoms with Crippen molar-refractivity contribution in [3.63, 3.8) is 0 Å². The lowest BCUT2D eigenvalue weighted by Gasteiger charge is -2.27. The lowest BCUT2D eigenvalue weighted by atomic mass is 10.1. The SMILES string of the molecule is COC(=O)c1ccc(-n2cc(-c3ccc(C(F)(F)F)cc3)cc2CN2CCOCC2)cc1. The summed E-state index contributed by atoms with van der Waals surface area (Å²) >= 11 is 0.